The SMILES string of the molecule is Fc1ccc(-c2ccc(CN[C@@H]3CCc4ccccc43)o2)cc1. The van der Waals surface area contributed by atoms with Gasteiger partial charge in [-0.3, -0.25) is 0 Å². The van der Waals surface area contributed by atoms with Gasteiger partial charge < -0.3 is 9.73 Å². The van der Waals surface area contributed by atoms with Crippen LogP contribution in [0.5, 0.6) is 0 Å². The Morgan fingerprint density at radius 2 is 1.83 bits per heavy atom. The van der Waals surface area contributed by atoms with Crippen molar-refractivity contribution in [1.29, 1.82) is 0 Å². The fourth-order valence-electron chi connectivity index (χ4n) is 3.24. The van der Waals surface area contributed by atoms with Crippen LogP contribution in [0.25, 0.3) is 11.3 Å². The molecular weight excluding hydrogens is 289 g/mol. The molecule has 1 heterocycles. The lowest BCUT2D eigenvalue weighted by atomic mass is 10.1. The molecule has 0 saturated carbocycles. The number of aryl methyl sites for hydroxylation is 1. The van der Waals surface area contributed by atoms with E-state index in [-0.39, 0.29) is 5.82 Å². The van der Waals surface area contributed by atoms with Gasteiger partial charge in [0, 0.05) is 11.6 Å². The molecular formula is C20H18FNO. The van der Waals surface area contributed by atoms with Crippen molar-refractivity contribution < 1.29 is 8.81 Å². The van der Waals surface area contributed by atoms with Gasteiger partial charge in [0.05, 0.1) is 6.54 Å². The maximum absolute atomic E-state index is 13.0. The van der Waals surface area contributed by atoms with E-state index in [0.29, 0.717) is 12.6 Å². The van der Waals surface area contributed by atoms with Crippen LogP contribution in [-0.2, 0) is 13.0 Å². The second-order valence-corrected chi connectivity index (χ2v) is 5.94. The number of furan rings is 1. The van der Waals surface area contributed by atoms with Gasteiger partial charge >= 0.3 is 0 Å². The monoisotopic (exact) mass is 307 g/mol. The highest BCUT2D eigenvalue weighted by Gasteiger charge is 2.21. The number of fused-ring (bicyclic) bond motifs is 1. The predicted molar refractivity (Wildman–Crippen MR) is 88.4 cm³/mol. The zero-order chi connectivity index (χ0) is 15.6. The van der Waals surface area contributed by atoms with Gasteiger partial charge in [-0.15, -0.1) is 0 Å². The van der Waals surface area contributed by atoms with E-state index >= 15 is 0 Å². The minimum atomic E-state index is -0.234. The Labute approximate surface area is 135 Å². The number of benzene rings is 2. The van der Waals surface area contributed by atoms with Gasteiger partial charge in [0.1, 0.15) is 17.3 Å². The van der Waals surface area contributed by atoms with E-state index in [1.54, 1.807) is 12.1 Å². The topological polar surface area (TPSA) is 25.2 Å². The lowest BCUT2D eigenvalue weighted by Gasteiger charge is -2.12. The van der Waals surface area contributed by atoms with Crippen LogP contribution >= 0.6 is 0 Å². The molecule has 1 aliphatic rings. The van der Waals surface area contributed by atoms with Crippen molar-refractivity contribution in [2.45, 2.75) is 25.4 Å². The standard InChI is InChI=1S/C20H18FNO/c21-16-8-5-15(6-9-16)20-12-10-17(23-20)13-22-19-11-7-14-3-1-2-4-18(14)19/h1-6,8-10,12,19,22H,7,11,13H2/t19-/m1/s1. The average molecular weight is 307 g/mol. The molecule has 1 aliphatic carbocycles. The van der Waals surface area contributed by atoms with Crippen LogP contribution < -0.4 is 5.32 Å². The summed E-state index contributed by atoms with van der Waals surface area (Å²) < 4.78 is 18.9. The highest BCUT2D eigenvalue weighted by Crippen LogP contribution is 2.31. The summed E-state index contributed by atoms with van der Waals surface area (Å²) >= 11 is 0. The molecule has 0 fully saturated rings. The van der Waals surface area contributed by atoms with Crippen molar-refractivity contribution >= 4 is 0 Å². The van der Waals surface area contributed by atoms with Crippen LogP contribution in [0.2, 0.25) is 0 Å². The van der Waals surface area contributed by atoms with Crippen LogP contribution in [0.1, 0.15) is 29.3 Å². The first kappa shape index (κ1) is 14.2. The molecule has 1 aromatic heterocycles. The van der Waals surface area contributed by atoms with Gasteiger partial charge in [-0.2, -0.15) is 0 Å². The molecule has 0 aliphatic heterocycles. The van der Waals surface area contributed by atoms with E-state index in [0.717, 1.165) is 29.9 Å². The molecule has 0 unspecified atom stereocenters. The third-order valence-electron chi connectivity index (χ3n) is 4.45. The lowest BCUT2D eigenvalue weighted by molar-refractivity contribution is 0.454. The Balaban J connectivity index is 1.44. The first-order chi connectivity index (χ1) is 11.3. The third-order valence-corrected chi connectivity index (χ3v) is 4.45. The minimum absolute atomic E-state index is 0.234. The zero-order valence-electron chi connectivity index (χ0n) is 12.8. The maximum Gasteiger partial charge on any atom is 0.134 e. The van der Waals surface area contributed by atoms with Crippen LogP contribution in [0.4, 0.5) is 4.39 Å². The molecule has 0 amide bonds. The second kappa shape index (κ2) is 6.01. The van der Waals surface area contributed by atoms with Gasteiger partial charge in [0.15, 0.2) is 0 Å². The Morgan fingerprint density at radius 3 is 2.70 bits per heavy atom. The van der Waals surface area contributed by atoms with Crippen molar-refractivity contribution in [3.05, 3.63) is 83.4 Å². The zero-order valence-corrected chi connectivity index (χ0v) is 12.8. The van der Waals surface area contributed by atoms with Crippen molar-refractivity contribution in [2.24, 2.45) is 0 Å². The van der Waals surface area contributed by atoms with E-state index in [4.69, 9.17) is 4.42 Å². The predicted octanol–water partition coefficient (Wildman–Crippen LogP) is 4.86. The smallest absolute Gasteiger partial charge is 0.134 e. The molecule has 116 valence electrons. The van der Waals surface area contributed by atoms with E-state index in [1.165, 1.54) is 23.3 Å². The summed E-state index contributed by atoms with van der Waals surface area (Å²) in [4.78, 5) is 0. The molecule has 0 saturated heterocycles. The fourth-order valence-corrected chi connectivity index (χ4v) is 3.24. The summed E-state index contributed by atoms with van der Waals surface area (Å²) in [7, 11) is 0. The van der Waals surface area contributed by atoms with Crippen molar-refractivity contribution in [1.82, 2.24) is 5.32 Å². The summed E-state index contributed by atoms with van der Waals surface area (Å²) in [6.45, 7) is 0.695. The summed E-state index contributed by atoms with van der Waals surface area (Å²) in [5.41, 5.74) is 3.73. The first-order valence-electron chi connectivity index (χ1n) is 7.95. The third kappa shape index (κ3) is 2.92. The highest BCUT2D eigenvalue weighted by molar-refractivity contribution is 5.57. The first-order valence-corrected chi connectivity index (χ1v) is 7.95. The summed E-state index contributed by atoms with van der Waals surface area (Å²) in [6.07, 6.45) is 2.26. The maximum atomic E-state index is 13.0. The lowest BCUT2D eigenvalue weighted by Crippen LogP contribution is -2.18. The number of halogens is 1. The van der Waals surface area contributed by atoms with Gasteiger partial charge in [0.2, 0.25) is 0 Å². The van der Waals surface area contributed by atoms with Gasteiger partial charge in [0.25, 0.3) is 0 Å². The van der Waals surface area contributed by atoms with Gasteiger partial charge in [-0.1, -0.05) is 24.3 Å². The largest absolute Gasteiger partial charge is 0.460 e. The Morgan fingerprint density at radius 1 is 1.00 bits per heavy atom. The molecule has 0 bridgehead atoms. The summed E-state index contributed by atoms with van der Waals surface area (Å²) in [5, 5.41) is 3.57. The van der Waals surface area contributed by atoms with Crippen LogP contribution in [-0.4, -0.2) is 0 Å². The molecule has 0 spiro atoms. The van der Waals surface area contributed by atoms with E-state index in [9.17, 15) is 4.39 Å². The number of hydrogen-bond acceptors (Lipinski definition) is 2. The molecule has 2 nitrogen and oxygen atoms in total. The molecule has 4 rings (SSSR count). The van der Waals surface area contributed by atoms with E-state index in [1.807, 2.05) is 12.1 Å². The quantitative estimate of drug-likeness (QED) is 0.744. The highest BCUT2D eigenvalue weighted by atomic mass is 19.1. The summed E-state index contributed by atoms with van der Waals surface area (Å²) in [6, 6.07) is 19.3. The minimum Gasteiger partial charge on any atom is -0.460 e. The number of nitrogens with one attached hydrogen (secondary N) is 1. The molecule has 1 N–H and O–H groups in total. The Bertz CT molecular complexity index is 807. The van der Waals surface area contributed by atoms with Crippen molar-refractivity contribution in [3.8, 4) is 11.3 Å². The number of rotatable bonds is 4. The van der Waals surface area contributed by atoms with Crippen LogP contribution in [0, 0.1) is 5.82 Å². The number of hydrogen-bond donors (Lipinski definition) is 1. The van der Waals surface area contributed by atoms with Gasteiger partial charge in [-0.05, 0) is 60.4 Å². The van der Waals surface area contributed by atoms with E-state index < -0.39 is 0 Å². The average Bonchev–Trinajstić information content (AvgIpc) is 3.20. The molecule has 2 aromatic carbocycles. The molecule has 0 radical (unpaired) electrons. The molecule has 23 heavy (non-hydrogen) atoms. The Hall–Kier alpha value is -2.39. The molecule has 3 aromatic rings. The van der Waals surface area contributed by atoms with Gasteiger partial charge in [-0.25, -0.2) is 4.39 Å². The normalized spacial score (nSPS) is 16.5. The van der Waals surface area contributed by atoms with Crippen molar-refractivity contribution in [3.63, 3.8) is 0 Å². The van der Waals surface area contributed by atoms with Crippen molar-refractivity contribution in [2.75, 3.05) is 0 Å². The Kier molecular flexibility index (Phi) is 3.72. The second-order valence-electron chi connectivity index (χ2n) is 5.94. The van der Waals surface area contributed by atoms with Crippen LogP contribution in [0.15, 0.2) is 65.1 Å². The fraction of sp³-hybridized carbons (Fsp3) is 0.200. The summed E-state index contributed by atoms with van der Waals surface area (Å²) in [5.74, 6) is 1.43. The van der Waals surface area contributed by atoms with E-state index in [2.05, 4.69) is 29.6 Å². The van der Waals surface area contributed by atoms with Crippen LogP contribution in [0.3, 0.4) is 0 Å². The molecule has 1 atom stereocenters. The molecule has 3 heteroatoms.